The van der Waals surface area contributed by atoms with Crippen molar-refractivity contribution < 1.29 is 19.1 Å². The third-order valence-corrected chi connectivity index (χ3v) is 5.66. The molecule has 0 saturated carbocycles. The SMILES string of the molecule is O=C(CCCOc1ccc(Cl)cc1Cl)N1CCN(C(=O)CN2CCOCC2)CC1. The zero-order chi connectivity index (χ0) is 20.6. The molecule has 7 nitrogen and oxygen atoms in total. The van der Waals surface area contributed by atoms with Gasteiger partial charge in [0, 0.05) is 50.7 Å². The number of hydrogen-bond acceptors (Lipinski definition) is 5. The van der Waals surface area contributed by atoms with Crippen molar-refractivity contribution in [1.82, 2.24) is 14.7 Å². The van der Waals surface area contributed by atoms with Gasteiger partial charge < -0.3 is 19.3 Å². The molecule has 1 aromatic rings. The second kappa shape index (κ2) is 11.0. The minimum Gasteiger partial charge on any atom is -0.492 e. The van der Waals surface area contributed by atoms with Crippen molar-refractivity contribution in [2.24, 2.45) is 0 Å². The molecule has 160 valence electrons. The van der Waals surface area contributed by atoms with Gasteiger partial charge >= 0.3 is 0 Å². The number of morpholine rings is 1. The minimum atomic E-state index is 0.0936. The maximum absolute atomic E-state index is 12.4. The molecule has 3 rings (SSSR count). The molecule has 0 bridgehead atoms. The number of hydrogen-bond donors (Lipinski definition) is 0. The van der Waals surface area contributed by atoms with Crippen LogP contribution in [0.15, 0.2) is 18.2 Å². The zero-order valence-corrected chi connectivity index (χ0v) is 18.0. The summed E-state index contributed by atoms with van der Waals surface area (Å²) in [6.45, 7) is 6.15. The van der Waals surface area contributed by atoms with Crippen LogP contribution in [0.2, 0.25) is 10.0 Å². The van der Waals surface area contributed by atoms with Crippen molar-refractivity contribution in [3.63, 3.8) is 0 Å². The number of amides is 2. The molecule has 2 aliphatic heterocycles. The summed E-state index contributed by atoms with van der Waals surface area (Å²) in [4.78, 5) is 30.7. The Balaban J connectivity index is 1.32. The van der Waals surface area contributed by atoms with E-state index in [1.165, 1.54) is 0 Å². The third kappa shape index (κ3) is 6.74. The minimum absolute atomic E-state index is 0.0936. The molecule has 0 spiro atoms. The number of benzene rings is 1. The fourth-order valence-corrected chi connectivity index (χ4v) is 3.87. The lowest BCUT2D eigenvalue weighted by Gasteiger charge is -2.36. The first-order chi connectivity index (χ1) is 14.0. The topological polar surface area (TPSA) is 62.3 Å². The Hall–Kier alpha value is -1.54. The van der Waals surface area contributed by atoms with Crippen LogP contribution in [-0.4, -0.2) is 92.1 Å². The molecule has 0 unspecified atom stereocenters. The van der Waals surface area contributed by atoms with Gasteiger partial charge in [-0.1, -0.05) is 23.2 Å². The average Bonchev–Trinajstić information content (AvgIpc) is 2.73. The molecular formula is C20H27Cl2N3O4. The van der Waals surface area contributed by atoms with Crippen LogP contribution in [0.1, 0.15) is 12.8 Å². The van der Waals surface area contributed by atoms with Gasteiger partial charge in [-0.25, -0.2) is 0 Å². The van der Waals surface area contributed by atoms with E-state index in [0.717, 1.165) is 13.1 Å². The van der Waals surface area contributed by atoms with Crippen molar-refractivity contribution in [3.8, 4) is 5.75 Å². The average molecular weight is 444 g/mol. The van der Waals surface area contributed by atoms with E-state index in [0.29, 0.717) is 81.2 Å². The number of piperazine rings is 1. The largest absolute Gasteiger partial charge is 0.492 e. The third-order valence-electron chi connectivity index (χ3n) is 5.13. The number of ether oxygens (including phenoxy) is 2. The van der Waals surface area contributed by atoms with E-state index < -0.39 is 0 Å². The molecule has 2 fully saturated rings. The number of carbonyl (C=O) groups is 2. The maximum atomic E-state index is 12.4. The lowest BCUT2D eigenvalue weighted by molar-refractivity contribution is -0.140. The first kappa shape index (κ1) is 22.2. The molecule has 1 aromatic carbocycles. The molecule has 0 aromatic heterocycles. The second-order valence-electron chi connectivity index (χ2n) is 7.18. The predicted octanol–water partition coefficient (Wildman–Crippen LogP) is 2.16. The van der Waals surface area contributed by atoms with Gasteiger partial charge in [-0.15, -0.1) is 0 Å². The lowest BCUT2D eigenvalue weighted by Crippen LogP contribution is -2.53. The van der Waals surface area contributed by atoms with Gasteiger partial charge in [-0.2, -0.15) is 0 Å². The Morgan fingerprint density at radius 1 is 0.966 bits per heavy atom. The lowest BCUT2D eigenvalue weighted by atomic mass is 10.2. The van der Waals surface area contributed by atoms with Crippen LogP contribution in [0.4, 0.5) is 0 Å². The van der Waals surface area contributed by atoms with Crippen LogP contribution < -0.4 is 4.74 Å². The molecule has 9 heteroatoms. The smallest absolute Gasteiger partial charge is 0.236 e. The van der Waals surface area contributed by atoms with E-state index in [9.17, 15) is 9.59 Å². The van der Waals surface area contributed by atoms with Gasteiger partial charge in [-0.05, 0) is 24.6 Å². The normalized spacial score (nSPS) is 18.0. The van der Waals surface area contributed by atoms with E-state index in [-0.39, 0.29) is 11.8 Å². The standard InChI is InChI=1S/C20H27Cl2N3O4/c21-16-3-4-18(17(22)14-16)29-11-1-2-19(26)24-5-7-25(8-6-24)20(27)15-23-9-12-28-13-10-23/h3-4,14H,1-2,5-13,15H2. The summed E-state index contributed by atoms with van der Waals surface area (Å²) in [6, 6.07) is 5.07. The van der Waals surface area contributed by atoms with Crippen LogP contribution in [0.3, 0.4) is 0 Å². The molecule has 2 aliphatic rings. The van der Waals surface area contributed by atoms with Crippen LogP contribution in [0.25, 0.3) is 0 Å². The van der Waals surface area contributed by atoms with Gasteiger partial charge in [0.25, 0.3) is 0 Å². The molecule has 0 atom stereocenters. The zero-order valence-electron chi connectivity index (χ0n) is 16.4. The van der Waals surface area contributed by atoms with E-state index in [1.54, 1.807) is 18.2 Å². The predicted molar refractivity (Wildman–Crippen MR) is 112 cm³/mol. The quantitative estimate of drug-likeness (QED) is 0.604. The highest BCUT2D eigenvalue weighted by Crippen LogP contribution is 2.27. The van der Waals surface area contributed by atoms with Crippen molar-refractivity contribution >= 4 is 35.0 Å². The Kier molecular flexibility index (Phi) is 8.41. The summed E-state index contributed by atoms with van der Waals surface area (Å²) < 4.78 is 10.9. The summed E-state index contributed by atoms with van der Waals surface area (Å²) in [7, 11) is 0. The van der Waals surface area contributed by atoms with Gasteiger partial charge in [-0.3, -0.25) is 14.5 Å². The Bertz CT molecular complexity index is 705. The number of rotatable bonds is 7. The van der Waals surface area contributed by atoms with Crippen LogP contribution in [-0.2, 0) is 14.3 Å². The van der Waals surface area contributed by atoms with E-state index in [4.69, 9.17) is 32.7 Å². The van der Waals surface area contributed by atoms with Crippen molar-refractivity contribution in [3.05, 3.63) is 28.2 Å². The van der Waals surface area contributed by atoms with Crippen LogP contribution in [0.5, 0.6) is 5.75 Å². The van der Waals surface area contributed by atoms with Gasteiger partial charge in [0.2, 0.25) is 11.8 Å². The summed E-state index contributed by atoms with van der Waals surface area (Å²) in [6.07, 6.45) is 1.01. The first-order valence-corrected chi connectivity index (χ1v) is 10.7. The summed E-state index contributed by atoms with van der Waals surface area (Å²) in [5.41, 5.74) is 0. The van der Waals surface area contributed by atoms with Crippen LogP contribution >= 0.6 is 23.2 Å². The first-order valence-electron chi connectivity index (χ1n) is 9.96. The van der Waals surface area contributed by atoms with E-state index in [2.05, 4.69) is 4.90 Å². The highest BCUT2D eigenvalue weighted by Gasteiger charge is 2.25. The highest BCUT2D eigenvalue weighted by atomic mass is 35.5. The van der Waals surface area contributed by atoms with Gasteiger partial charge in [0.1, 0.15) is 5.75 Å². The summed E-state index contributed by atoms with van der Waals surface area (Å²) in [5.74, 6) is 0.791. The van der Waals surface area contributed by atoms with E-state index in [1.807, 2.05) is 9.80 Å². The molecule has 2 saturated heterocycles. The van der Waals surface area contributed by atoms with Gasteiger partial charge in [0.05, 0.1) is 31.4 Å². The number of carbonyl (C=O) groups excluding carboxylic acids is 2. The molecule has 29 heavy (non-hydrogen) atoms. The molecule has 0 radical (unpaired) electrons. The van der Waals surface area contributed by atoms with Crippen molar-refractivity contribution in [2.75, 3.05) is 65.6 Å². The van der Waals surface area contributed by atoms with Crippen molar-refractivity contribution in [2.45, 2.75) is 12.8 Å². The molecule has 2 amide bonds. The molecule has 2 heterocycles. The maximum Gasteiger partial charge on any atom is 0.236 e. The molecule has 0 aliphatic carbocycles. The van der Waals surface area contributed by atoms with Gasteiger partial charge in [0.15, 0.2) is 0 Å². The van der Waals surface area contributed by atoms with E-state index >= 15 is 0 Å². The highest BCUT2D eigenvalue weighted by molar-refractivity contribution is 6.35. The Morgan fingerprint density at radius 2 is 1.62 bits per heavy atom. The Morgan fingerprint density at radius 3 is 2.28 bits per heavy atom. The van der Waals surface area contributed by atoms with Crippen molar-refractivity contribution in [1.29, 1.82) is 0 Å². The second-order valence-corrected chi connectivity index (χ2v) is 8.02. The summed E-state index contributed by atoms with van der Waals surface area (Å²) in [5, 5.41) is 1.02. The fraction of sp³-hybridized carbons (Fsp3) is 0.600. The Labute approximate surface area is 181 Å². The number of nitrogens with zero attached hydrogens (tertiary/aromatic N) is 3. The fourth-order valence-electron chi connectivity index (χ4n) is 3.41. The molecular weight excluding hydrogens is 417 g/mol. The monoisotopic (exact) mass is 443 g/mol. The molecule has 0 N–H and O–H groups in total. The number of halogens is 2. The summed E-state index contributed by atoms with van der Waals surface area (Å²) >= 11 is 11.9. The van der Waals surface area contributed by atoms with Crippen LogP contribution in [0, 0.1) is 0 Å².